The number of ether oxygens (including phenoxy) is 1. The van der Waals surface area contributed by atoms with Crippen LogP contribution in [0.15, 0.2) is 42.6 Å². The Bertz CT molecular complexity index is 747. The van der Waals surface area contributed by atoms with E-state index in [-0.39, 0.29) is 5.91 Å². The topological polar surface area (TPSA) is 51.2 Å². The van der Waals surface area contributed by atoms with Crippen LogP contribution in [0.1, 0.15) is 36.9 Å². The van der Waals surface area contributed by atoms with Gasteiger partial charge in [-0.15, -0.1) is 0 Å². The summed E-state index contributed by atoms with van der Waals surface area (Å²) in [6.07, 6.45) is 4.32. The predicted octanol–water partition coefficient (Wildman–Crippen LogP) is 3.50. The van der Waals surface area contributed by atoms with Crippen molar-refractivity contribution in [3.05, 3.63) is 65.5 Å². The lowest BCUT2D eigenvalue weighted by Crippen LogP contribution is -2.50. The van der Waals surface area contributed by atoms with Crippen LogP contribution in [-0.4, -0.2) is 24.1 Å². The highest BCUT2D eigenvalue weighted by Crippen LogP contribution is 2.34. The normalized spacial score (nSPS) is 16.2. The number of pyridine rings is 1. The fourth-order valence-electron chi connectivity index (χ4n) is 3.36. The minimum Gasteiger partial charge on any atom is -0.381 e. The standard InChI is InChI=1S/C20H22F2N2O2/c21-15-7-8-17(18(22)14-15)20(9-12-26-13-10-20)24-19(25)6-3-5-16-4-1-2-11-23-16/h1-2,4,7-8,11,14H,3,5-6,9-10,12-13H2,(H,24,25). The number of rotatable bonds is 6. The van der Waals surface area contributed by atoms with Gasteiger partial charge >= 0.3 is 0 Å². The average molecular weight is 360 g/mol. The van der Waals surface area contributed by atoms with Crippen LogP contribution in [0.4, 0.5) is 8.78 Å². The zero-order chi connectivity index (χ0) is 18.4. The zero-order valence-corrected chi connectivity index (χ0v) is 14.5. The summed E-state index contributed by atoms with van der Waals surface area (Å²) in [6.45, 7) is 0.843. The Labute approximate surface area is 151 Å². The molecule has 1 aromatic heterocycles. The van der Waals surface area contributed by atoms with Crippen LogP contribution < -0.4 is 5.32 Å². The molecule has 0 atom stereocenters. The van der Waals surface area contributed by atoms with Crippen LogP contribution >= 0.6 is 0 Å². The first-order chi connectivity index (χ1) is 12.6. The lowest BCUT2D eigenvalue weighted by atomic mass is 9.82. The fraction of sp³-hybridized carbons (Fsp3) is 0.400. The minimum absolute atomic E-state index is 0.147. The summed E-state index contributed by atoms with van der Waals surface area (Å²) in [7, 11) is 0. The number of amides is 1. The molecule has 1 saturated heterocycles. The lowest BCUT2D eigenvalue weighted by molar-refractivity contribution is -0.124. The number of aromatic nitrogens is 1. The number of aryl methyl sites for hydroxylation is 1. The lowest BCUT2D eigenvalue weighted by Gasteiger charge is -2.38. The molecule has 1 fully saturated rings. The SMILES string of the molecule is O=C(CCCc1ccccn1)NC1(c2ccc(F)cc2F)CCOCC1. The average Bonchev–Trinajstić information content (AvgIpc) is 2.63. The Hall–Kier alpha value is -2.34. The quantitative estimate of drug-likeness (QED) is 0.858. The number of hydrogen-bond acceptors (Lipinski definition) is 3. The molecular formula is C20H22F2N2O2. The maximum Gasteiger partial charge on any atom is 0.220 e. The van der Waals surface area contributed by atoms with Crippen molar-refractivity contribution in [1.82, 2.24) is 10.3 Å². The van der Waals surface area contributed by atoms with Gasteiger partial charge in [-0.3, -0.25) is 9.78 Å². The van der Waals surface area contributed by atoms with Gasteiger partial charge in [0.15, 0.2) is 0 Å². The Morgan fingerprint density at radius 1 is 1.19 bits per heavy atom. The Kier molecular flexibility index (Phi) is 5.93. The molecule has 2 heterocycles. The van der Waals surface area contributed by atoms with E-state index in [1.54, 1.807) is 6.20 Å². The molecule has 138 valence electrons. The molecule has 4 nitrogen and oxygen atoms in total. The monoisotopic (exact) mass is 360 g/mol. The maximum absolute atomic E-state index is 14.4. The number of nitrogens with one attached hydrogen (secondary N) is 1. The molecule has 1 N–H and O–H groups in total. The van der Waals surface area contributed by atoms with Crippen molar-refractivity contribution in [2.45, 2.75) is 37.6 Å². The molecule has 1 aromatic carbocycles. The van der Waals surface area contributed by atoms with Gasteiger partial charge in [0.25, 0.3) is 0 Å². The summed E-state index contributed by atoms with van der Waals surface area (Å²) >= 11 is 0. The third-order valence-corrected chi connectivity index (χ3v) is 4.73. The van der Waals surface area contributed by atoms with Crippen LogP contribution in [-0.2, 0) is 21.5 Å². The summed E-state index contributed by atoms with van der Waals surface area (Å²) in [6, 6.07) is 9.19. The van der Waals surface area contributed by atoms with Gasteiger partial charge < -0.3 is 10.1 Å². The van der Waals surface area contributed by atoms with Gasteiger partial charge in [-0.05, 0) is 43.9 Å². The molecule has 0 spiro atoms. The van der Waals surface area contributed by atoms with Crippen molar-refractivity contribution < 1.29 is 18.3 Å². The summed E-state index contributed by atoms with van der Waals surface area (Å²) in [5.74, 6) is -1.41. The van der Waals surface area contributed by atoms with Gasteiger partial charge in [0, 0.05) is 43.2 Å². The zero-order valence-electron chi connectivity index (χ0n) is 14.5. The number of halogens is 2. The minimum atomic E-state index is -0.849. The van der Waals surface area contributed by atoms with Gasteiger partial charge in [0.2, 0.25) is 5.91 Å². The van der Waals surface area contributed by atoms with Crippen LogP contribution in [0.5, 0.6) is 0 Å². The first kappa shape index (κ1) is 18.5. The predicted molar refractivity (Wildman–Crippen MR) is 93.4 cm³/mol. The van der Waals surface area contributed by atoms with Crippen LogP contribution in [0.25, 0.3) is 0 Å². The molecule has 2 aromatic rings. The molecule has 1 amide bonds. The molecule has 0 aliphatic carbocycles. The Balaban J connectivity index is 1.67. The maximum atomic E-state index is 14.4. The van der Waals surface area contributed by atoms with Crippen LogP contribution in [0.2, 0.25) is 0 Å². The van der Waals surface area contributed by atoms with Crippen molar-refractivity contribution in [3.63, 3.8) is 0 Å². The van der Waals surface area contributed by atoms with E-state index in [9.17, 15) is 13.6 Å². The van der Waals surface area contributed by atoms with Gasteiger partial charge in [0.05, 0.1) is 5.54 Å². The second-order valence-corrected chi connectivity index (χ2v) is 6.54. The first-order valence-electron chi connectivity index (χ1n) is 8.83. The van der Waals surface area contributed by atoms with Crippen molar-refractivity contribution in [3.8, 4) is 0 Å². The highest BCUT2D eigenvalue weighted by Gasteiger charge is 2.38. The molecule has 0 unspecified atom stereocenters. The van der Waals surface area contributed by atoms with E-state index >= 15 is 0 Å². The molecule has 1 aliphatic rings. The van der Waals surface area contributed by atoms with Gasteiger partial charge in [-0.1, -0.05) is 12.1 Å². The van der Waals surface area contributed by atoms with Crippen molar-refractivity contribution in [1.29, 1.82) is 0 Å². The van der Waals surface area contributed by atoms with E-state index in [0.29, 0.717) is 50.9 Å². The van der Waals surface area contributed by atoms with Crippen LogP contribution in [0, 0.1) is 11.6 Å². The summed E-state index contributed by atoms with van der Waals surface area (Å²) in [5.41, 5.74) is 0.406. The Morgan fingerprint density at radius 2 is 2.00 bits per heavy atom. The van der Waals surface area contributed by atoms with Gasteiger partial charge in [-0.25, -0.2) is 8.78 Å². The number of hydrogen-bond donors (Lipinski definition) is 1. The van der Waals surface area contributed by atoms with E-state index in [1.807, 2.05) is 18.2 Å². The molecule has 0 saturated carbocycles. The molecule has 0 radical (unpaired) electrons. The van der Waals surface area contributed by atoms with Gasteiger partial charge in [0.1, 0.15) is 11.6 Å². The fourth-order valence-corrected chi connectivity index (χ4v) is 3.36. The van der Waals surface area contributed by atoms with E-state index in [0.717, 1.165) is 11.8 Å². The molecule has 6 heteroatoms. The van der Waals surface area contributed by atoms with E-state index in [1.165, 1.54) is 12.1 Å². The van der Waals surface area contributed by atoms with Crippen molar-refractivity contribution in [2.75, 3.05) is 13.2 Å². The van der Waals surface area contributed by atoms with Crippen LogP contribution in [0.3, 0.4) is 0 Å². The molecule has 26 heavy (non-hydrogen) atoms. The first-order valence-corrected chi connectivity index (χ1v) is 8.83. The number of carbonyl (C=O) groups excluding carboxylic acids is 1. The highest BCUT2D eigenvalue weighted by atomic mass is 19.1. The molecular weight excluding hydrogens is 338 g/mol. The smallest absolute Gasteiger partial charge is 0.220 e. The molecule has 1 aliphatic heterocycles. The van der Waals surface area contributed by atoms with Gasteiger partial charge in [-0.2, -0.15) is 0 Å². The second-order valence-electron chi connectivity index (χ2n) is 6.54. The Morgan fingerprint density at radius 3 is 2.69 bits per heavy atom. The van der Waals surface area contributed by atoms with E-state index in [2.05, 4.69) is 10.3 Å². The number of carbonyl (C=O) groups is 1. The van der Waals surface area contributed by atoms with E-state index < -0.39 is 17.2 Å². The third-order valence-electron chi connectivity index (χ3n) is 4.73. The molecule has 3 rings (SSSR count). The van der Waals surface area contributed by atoms with Crippen molar-refractivity contribution in [2.24, 2.45) is 0 Å². The summed E-state index contributed by atoms with van der Waals surface area (Å²) < 4.78 is 33.0. The number of benzene rings is 1. The second kappa shape index (κ2) is 8.36. The number of nitrogens with zero attached hydrogens (tertiary/aromatic N) is 1. The van der Waals surface area contributed by atoms with Crippen molar-refractivity contribution >= 4 is 5.91 Å². The largest absolute Gasteiger partial charge is 0.381 e. The third kappa shape index (κ3) is 4.43. The highest BCUT2D eigenvalue weighted by molar-refractivity contribution is 5.77. The van der Waals surface area contributed by atoms with E-state index in [4.69, 9.17) is 4.74 Å². The molecule has 0 bridgehead atoms. The summed E-state index contributed by atoms with van der Waals surface area (Å²) in [5, 5.41) is 2.99. The summed E-state index contributed by atoms with van der Waals surface area (Å²) in [4.78, 5) is 16.7.